The first-order valence-electron chi connectivity index (χ1n) is 12.5. The Balaban J connectivity index is 1.46. The molecule has 3 aromatic carbocycles. The lowest BCUT2D eigenvalue weighted by atomic mass is 9.82. The number of halogens is 1. The summed E-state index contributed by atoms with van der Waals surface area (Å²) in [6, 6.07) is 23.1. The fourth-order valence-electron chi connectivity index (χ4n) is 4.85. The number of nitrogens with zero attached hydrogens (tertiary/aromatic N) is 3. The van der Waals surface area contributed by atoms with Crippen molar-refractivity contribution in [1.82, 2.24) is 9.80 Å². The summed E-state index contributed by atoms with van der Waals surface area (Å²) in [4.78, 5) is 34.6. The third-order valence-electron chi connectivity index (χ3n) is 6.61. The highest BCUT2D eigenvalue weighted by atomic mass is 19.1. The molecule has 1 atom stereocenters. The molecule has 0 fully saturated rings. The van der Waals surface area contributed by atoms with Crippen molar-refractivity contribution in [3.05, 3.63) is 107 Å². The van der Waals surface area contributed by atoms with Crippen molar-refractivity contribution in [3.63, 3.8) is 0 Å². The Bertz CT molecular complexity index is 1290. The highest BCUT2D eigenvalue weighted by molar-refractivity contribution is 6.07. The smallest absolute Gasteiger partial charge is 0.261 e. The van der Waals surface area contributed by atoms with Crippen molar-refractivity contribution in [2.24, 2.45) is 16.6 Å². The molecule has 0 radical (unpaired) electrons. The number of carbonyl (C=O) groups is 2. The zero-order valence-electron chi connectivity index (χ0n) is 21.5. The highest BCUT2D eigenvalue weighted by Crippen LogP contribution is 2.38. The van der Waals surface area contributed by atoms with Crippen LogP contribution in [0.4, 0.5) is 4.39 Å². The second-order valence-corrected chi connectivity index (χ2v) is 9.99. The van der Waals surface area contributed by atoms with Gasteiger partial charge in [-0.15, -0.1) is 0 Å². The number of carbonyl (C=O) groups excluding carboxylic acids is 2. The number of hydrogen-bond acceptors (Lipinski definition) is 4. The molecule has 7 heteroatoms. The molecule has 0 spiro atoms. The van der Waals surface area contributed by atoms with E-state index in [1.165, 1.54) is 12.1 Å². The zero-order valence-corrected chi connectivity index (χ0v) is 21.5. The number of benzene rings is 3. The molecule has 0 saturated heterocycles. The van der Waals surface area contributed by atoms with Gasteiger partial charge in [0.15, 0.2) is 11.5 Å². The molecule has 2 N–H and O–H groups in total. The Kier molecular flexibility index (Phi) is 7.71. The van der Waals surface area contributed by atoms with Crippen molar-refractivity contribution < 1.29 is 14.0 Å². The number of hydrogen-bond donors (Lipinski definition) is 1. The lowest BCUT2D eigenvalue weighted by molar-refractivity contribution is -0.132. The van der Waals surface area contributed by atoms with E-state index in [1.54, 1.807) is 35.0 Å². The SMILES string of the molecule is CC(C)C[C@]1(c2ccccc2)N=C(N)N(CCc2cccc(C(=O)N(C)Cc3ccc(F)cc3)c2)C1=O. The molecule has 0 aliphatic carbocycles. The van der Waals surface area contributed by atoms with Crippen molar-refractivity contribution in [1.29, 1.82) is 0 Å². The summed E-state index contributed by atoms with van der Waals surface area (Å²) in [5.74, 6) is -0.0884. The second kappa shape index (κ2) is 10.9. The Morgan fingerprint density at radius 3 is 2.41 bits per heavy atom. The quantitative estimate of drug-likeness (QED) is 0.461. The maximum absolute atomic E-state index is 13.7. The first kappa shape index (κ1) is 26.1. The van der Waals surface area contributed by atoms with Crippen LogP contribution in [0.15, 0.2) is 83.9 Å². The summed E-state index contributed by atoms with van der Waals surface area (Å²) in [7, 11) is 1.72. The normalized spacial score (nSPS) is 17.3. The lowest BCUT2D eigenvalue weighted by Gasteiger charge is -2.28. The fraction of sp³-hybridized carbons (Fsp3) is 0.300. The van der Waals surface area contributed by atoms with Crippen molar-refractivity contribution in [2.45, 2.75) is 38.8 Å². The largest absolute Gasteiger partial charge is 0.369 e. The van der Waals surface area contributed by atoms with Crippen LogP contribution < -0.4 is 5.73 Å². The lowest BCUT2D eigenvalue weighted by Crippen LogP contribution is -2.44. The van der Waals surface area contributed by atoms with Crippen LogP contribution in [-0.4, -0.2) is 41.2 Å². The molecule has 1 aliphatic rings. The van der Waals surface area contributed by atoms with E-state index >= 15 is 0 Å². The zero-order chi connectivity index (χ0) is 26.6. The van der Waals surface area contributed by atoms with Gasteiger partial charge < -0.3 is 10.6 Å². The van der Waals surface area contributed by atoms with E-state index in [4.69, 9.17) is 10.7 Å². The second-order valence-electron chi connectivity index (χ2n) is 9.99. The van der Waals surface area contributed by atoms with E-state index in [0.717, 1.165) is 16.7 Å². The Morgan fingerprint density at radius 2 is 1.73 bits per heavy atom. The molecular weight excluding hydrogens is 467 g/mol. The first-order valence-corrected chi connectivity index (χ1v) is 12.5. The number of guanidine groups is 1. The van der Waals surface area contributed by atoms with Gasteiger partial charge in [-0.2, -0.15) is 0 Å². The van der Waals surface area contributed by atoms with Gasteiger partial charge in [-0.1, -0.05) is 68.4 Å². The molecule has 37 heavy (non-hydrogen) atoms. The van der Waals surface area contributed by atoms with Gasteiger partial charge in [-0.3, -0.25) is 14.5 Å². The van der Waals surface area contributed by atoms with E-state index in [2.05, 4.69) is 13.8 Å². The summed E-state index contributed by atoms with van der Waals surface area (Å²) in [6.45, 7) is 4.88. The summed E-state index contributed by atoms with van der Waals surface area (Å²) in [5, 5.41) is 0. The monoisotopic (exact) mass is 500 g/mol. The van der Waals surface area contributed by atoms with Crippen LogP contribution in [0.3, 0.4) is 0 Å². The number of rotatable bonds is 9. The van der Waals surface area contributed by atoms with Crippen LogP contribution >= 0.6 is 0 Å². The standard InChI is InChI=1S/C30H33FN4O2/c1-21(2)19-30(25-10-5-4-6-11-25)28(37)35(29(32)33-30)17-16-22-8-7-9-24(18-22)27(36)34(3)20-23-12-14-26(31)15-13-23/h4-15,18,21H,16-17,19-20H2,1-3H3,(H2,32,33)/t30-/m1/s1. The molecule has 1 aliphatic heterocycles. The molecule has 4 rings (SSSR count). The van der Waals surface area contributed by atoms with Crippen molar-refractivity contribution in [2.75, 3.05) is 13.6 Å². The molecule has 192 valence electrons. The number of amides is 2. The van der Waals surface area contributed by atoms with Gasteiger partial charge in [0.1, 0.15) is 5.82 Å². The number of aliphatic imine (C=N–C) groups is 1. The molecule has 0 saturated carbocycles. The van der Waals surface area contributed by atoms with Crippen molar-refractivity contribution in [3.8, 4) is 0 Å². The third kappa shape index (κ3) is 5.71. The summed E-state index contributed by atoms with van der Waals surface area (Å²) in [5.41, 5.74) is 8.44. The summed E-state index contributed by atoms with van der Waals surface area (Å²) < 4.78 is 13.2. The van der Waals surface area contributed by atoms with Gasteiger partial charge in [-0.25, -0.2) is 9.38 Å². The Labute approximate surface area is 217 Å². The van der Waals surface area contributed by atoms with Gasteiger partial charge in [0, 0.05) is 25.7 Å². The minimum atomic E-state index is -1.01. The van der Waals surface area contributed by atoms with Gasteiger partial charge in [0.2, 0.25) is 0 Å². The van der Waals surface area contributed by atoms with E-state index in [0.29, 0.717) is 31.5 Å². The Hall–Kier alpha value is -4.00. The topological polar surface area (TPSA) is 79.0 Å². The third-order valence-corrected chi connectivity index (χ3v) is 6.61. The number of nitrogens with two attached hydrogens (primary N) is 1. The summed E-state index contributed by atoms with van der Waals surface area (Å²) >= 11 is 0. The van der Waals surface area contributed by atoms with E-state index < -0.39 is 5.54 Å². The molecule has 1 heterocycles. The fourth-order valence-corrected chi connectivity index (χ4v) is 4.85. The molecule has 6 nitrogen and oxygen atoms in total. The first-order chi connectivity index (χ1) is 17.7. The van der Waals surface area contributed by atoms with Gasteiger partial charge in [-0.05, 0) is 59.7 Å². The van der Waals surface area contributed by atoms with E-state index in [9.17, 15) is 14.0 Å². The molecule has 2 amide bonds. The van der Waals surface area contributed by atoms with Crippen LogP contribution in [0.1, 0.15) is 47.3 Å². The average Bonchev–Trinajstić information content (AvgIpc) is 3.13. The van der Waals surface area contributed by atoms with Gasteiger partial charge in [0.05, 0.1) is 0 Å². The van der Waals surface area contributed by atoms with Crippen LogP contribution in [0.5, 0.6) is 0 Å². The highest BCUT2D eigenvalue weighted by Gasteiger charge is 2.49. The maximum atomic E-state index is 13.7. The van der Waals surface area contributed by atoms with Crippen LogP contribution in [-0.2, 0) is 23.3 Å². The molecule has 0 bridgehead atoms. The van der Waals surface area contributed by atoms with Crippen LogP contribution in [0.25, 0.3) is 0 Å². The maximum Gasteiger partial charge on any atom is 0.261 e. The van der Waals surface area contributed by atoms with Crippen LogP contribution in [0, 0.1) is 11.7 Å². The van der Waals surface area contributed by atoms with Gasteiger partial charge in [0.25, 0.3) is 11.8 Å². The average molecular weight is 501 g/mol. The summed E-state index contributed by atoms with van der Waals surface area (Å²) in [6.07, 6.45) is 1.09. The Morgan fingerprint density at radius 1 is 1.03 bits per heavy atom. The molecule has 0 aromatic heterocycles. The van der Waals surface area contributed by atoms with E-state index in [1.807, 2.05) is 48.5 Å². The molecular formula is C30H33FN4O2. The van der Waals surface area contributed by atoms with Crippen LogP contribution in [0.2, 0.25) is 0 Å². The predicted molar refractivity (Wildman–Crippen MR) is 143 cm³/mol. The molecule has 0 unspecified atom stereocenters. The molecule has 3 aromatic rings. The minimum Gasteiger partial charge on any atom is -0.369 e. The van der Waals surface area contributed by atoms with E-state index in [-0.39, 0.29) is 29.5 Å². The van der Waals surface area contributed by atoms with Gasteiger partial charge >= 0.3 is 0 Å². The predicted octanol–water partition coefficient (Wildman–Crippen LogP) is 4.74. The minimum absolute atomic E-state index is 0.115. The van der Waals surface area contributed by atoms with Crippen molar-refractivity contribution >= 4 is 17.8 Å².